The normalized spacial score (nSPS) is 31.0. The van der Waals surface area contributed by atoms with Gasteiger partial charge in [0.2, 0.25) is 11.7 Å². The SMILES string of the molecule is COC1(c2noc(C3CCCC(N)C3)n2)CCC1. The molecule has 0 aliphatic heterocycles. The van der Waals surface area contributed by atoms with Crippen molar-refractivity contribution in [3.63, 3.8) is 0 Å². The van der Waals surface area contributed by atoms with Crippen LogP contribution in [0.5, 0.6) is 0 Å². The fraction of sp³-hybridized carbons (Fsp3) is 0.846. The molecule has 2 saturated carbocycles. The second kappa shape index (κ2) is 4.63. The zero-order valence-electron chi connectivity index (χ0n) is 10.9. The van der Waals surface area contributed by atoms with Crippen molar-refractivity contribution >= 4 is 0 Å². The monoisotopic (exact) mass is 251 g/mol. The predicted molar refractivity (Wildman–Crippen MR) is 66.0 cm³/mol. The summed E-state index contributed by atoms with van der Waals surface area (Å²) < 4.78 is 11.0. The number of nitrogens with zero attached hydrogens (tertiary/aromatic N) is 2. The van der Waals surface area contributed by atoms with Crippen LogP contribution in [0, 0.1) is 0 Å². The molecule has 2 aliphatic carbocycles. The highest BCUT2D eigenvalue weighted by atomic mass is 16.5. The van der Waals surface area contributed by atoms with Crippen LogP contribution in [-0.2, 0) is 10.3 Å². The fourth-order valence-corrected chi connectivity index (χ4v) is 3.05. The van der Waals surface area contributed by atoms with E-state index in [1.807, 2.05) is 0 Å². The lowest BCUT2D eigenvalue weighted by Gasteiger charge is -2.37. The van der Waals surface area contributed by atoms with Crippen LogP contribution in [0.25, 0.3) is 0 Å². The Morgan fingerprint density at radius 2 is 2.17 bits per heavy atom. The van der Waals surface area contributed by atoms with E-state index in [0.29, 0.717) is 5.92 Å². The van der Waals surface area contributed by atoms with Crippen molar-refractivity contribution < 1.29 is 9.26 Å². The van der Waals surface area contributed by atoms with Gasteiger partial charge in [-0.1, -0.05) is 11.6 Å². The molecule has 1 heterocycles. The van der Waals surface area contributed by atoms with Gasteiger partial charge in [-0.15, -0.1) is 0 Å². The Kier molecular flexibility index (Phi) is 3.11. The lowest BCUT2D eigenvalue weighted by molar-refractivity contribution is -0.0858. The quantitative estimate of drug-likeness (QED) is 0.890. The standard InChI is InChI=1S/C13H21N3O2/c1-17-13(6-3-7-13)12-15-11(18-16-12)9-4-2-5-10(14)8-9/h9-10H,2-8,14H2,1H3. The fourth-order valence-electron chi connectivity index (χ4n) is 3.05. The third-order valence-corrected chi connectivity index (χ3v) is 4.47. The van der Waals surface area contributed by atoms with Crippen molar-refractivity contribution in [2.24, 2.45) is 5.73 Å². The van der Waals surface area contributed by atoms with Crippen molar-refractivity contribution in [2.75, 3.05) is 7.11 Å². The summed E-state index contributed by atoms with van der Waals surface area (Å²) in [5.74, 6) is 1.82. The van der Waals surface area contributed by atoms with Gasteiger partial charge in [0.25, 0.3) is 0 Å². The van der Waals surface area contributed by atoms with Crippen LogP contribution < -0.4 is 5.73 Å². The van der Waals surface area contributed by atoms with Crippen molar-refractivity contribution in [1.29, 1.82) is 0 Å². The van der Waals surface area contributed by atoms with Gasteiger partial charge in [0.05, 0.1) is 0 Å². The van der Waals surface area contributed by atoms with E-state index in [2.05, 4.69) is 10.1 Å². The summed E-state index contributed by atoms with van der Waals surface area (Å²) in [7, 11) is 1.73. The minimum Gasteiger partial charge on any atom is -0.370 e. The molecule has 1 aromatic rings. The number of hydrogen-bond donors (Lipinski definition) is 1. The van der Waals surface area contributed by atoms with Gasteiger partial charge in [-0.25, -0.2) is 0 Å². The van der Waals surface area contributed by atoms with Crippen LogP contribution in [0.2, 0.25) is 0 Å². The highest BCUT2D eigenvalue weighted by Crippen LogP contribution is 2.43. The van der Waals surface area contributed by atoms with E-state index in [9.17, 15) is 0 Å². The van der Waals surface area contributed by atoms with E-state index in [1.165, 1.54) is 6.42 Å². The topological polar surface area (TPSA) is 74.2 Å². The summed E-state index contributed by atoms with van der Waals surface area (Å²) in [5, 5.41) is 4.13. The summed E-state index contributed by atoms with van der Waals surface area (Å²) in [4.78, 5) is 4.58. The lowest BCUT2D eigenvalue weighted by Crippen LogP contribution is -2.37. The third kappa shape index (κ3) is 1.95. The van der Waals surface area contributed by atoms with Gasteiger partial charge < -0.3 is 15.0 Å². The van der Waals surface area contributed by atoms with Gasteiger partial charge in [0.1, 0.15) is 5.60 Å². The number of nitrogens with two attached hydrogens (primary N) is 1. The zero-order valence-corrected chi connectivity index (χ0v) is 10.9. The molecular weight excluding hydrogens is 230 g/mol. The number of rotatable bonds is 3. The zero-order chi connectivity index (χ0) is 12.6. The van der Waals surface area contributed by atoms with Crippen LogP contribution in [-0.4, -0.2) is 23.3 Å². The molecule has 0 spiro atoms. The second-order valence-electron chi connectivity index (χ2n) is 5.63. The third-order valence-electron chi connectivity index (χ3n) is 4.47. The molecule has 0 radical (unpaired) electrons. The Morgan fingerprint density at radius 1 is 1.33 bits per heavy atom. The molecule has 0 amide bonds. The first-order chi connectivity index (χ1) is 8.73. The van der Waals surface area contributed by atoms with E-state index in [4.69, 9.17) is 15.0 Å². The molecule has 2 N–H and O–H groups in total. The van der Waals surface area contributed by atoms with Crippen LogP contribution in [0.15, 0.2) is 4.52 Å². The van der Waals surface area contributed by atoms with Gasteiger partial charge in [-0.05, 0) is 38.5 Å². The summed E-state index contributed by atoms with van der Waals surface area (Å²) >= 11 is 0. The number of hydrogen-bond acceptors (Lipinski definition) is 5. The Labute approximate surface area is 107 Å². The highest BCUT2D eigenvalue weighted by molar-refractivity contribution is 5.08. The van der Waals surface area contributed by atoms with E-state index in [0.717, 1.165) is 50.2 Å². The first-order valence-corrected chi connectivity index (χ1v) is 6.88. The number of methoxy groups -OCH3 is 1. The molecule has 100 valence electrons. The van der Waals surface area contributed by atoms with Crippen molar-refractivity contribution in [2.45, 2.75) is 62.5 Å². The first-order valence-electron chi connectivity index (χ1n) is 6.88. The lowest BCUT2D eigenvalue weighted by atomic mass is 9.79. The molecule has 0 bridgehead atoms. The van der Waals surface area contributed by atoms with Crippen molar-refractivity contribution in [3.8, 4) is 0 Å². The molecule has 1 aromatic heterocycles. The molecule has 18 heavy (non-hydrogen) atoms. The molecule has 3 rings (SSSR count). The molecule has 2 atom stereocenters. The second-order valence-corrected chi connectivity index (χ2v) is 5.63. The van der Waals surface area contributed by atoms with E-state index in [1.54, 1.807) is 7.11 Å². The van der Waals surface area contributed by atoms with E-state index in [-0.39, 0.29) is 11.6 Å². The van der Waals surface area contributed by atoms with Gasteiger partial charge in [0, 0.05) is 19.1 Å². The maximum absolute atomic E-state index is 6.00. The summed E-state index contributed by atoms with van der Waals surface area (Å²) in [6.07, 6.45) is 7.49. The van der Waals surface area contributed by atoms with Gasteiger partial charge in [-0.2, -0.15) is 4.98 Å². The minimum absolute atomic E-state index is 0.277. The Morgan fingerprint density at radius 3 is 2.78 bits per heavy atom. The van der Waals surface area contributed by atoms with Crippen LogP contribution in [0.3, 0.4) is 0 Å². The Hall–Kier alpha value is -0.940. The Balaban J connectivity index is 1.76. The maximum atomic E-state index is 6.00. The molecule has 2 aliphatic rings. The summed E-state index contributed by atoms with van der Waals surface area (Å²) in [5.41, 5.74) is 5.72. The number of aromatic nitrogens is 2. The predicted octanol–water partition coefficient (Wildman–Crippen LogP) is 2.08. The van der Waals surface area contributed by atoms with Gasteiger partial charge in [0.15, 0.2) is 0 Å². The van der Waals surface area contributed by atoms with E-state index < -0.39 is 0 Å². The van der Waals surface area contributed by atoms with E-state index >= 15 is 0 Å². The minimum atomic E-state index is -0.279. The average molecular weight is 251 g/mol. The van der Waals surface area contributed by atoms with Crippen molar-refractivity contribution in [3.05, 3.63) is 11.7 Å². The summed E-state index contributed by atoms with van der Waals surface area (Å²) in [6, 6.07) is 0.277. The average Bonchev–Trinajstić information content (AvgIpc) is 2.78. The van der Waals surface area contributed by atoms with Gasteiger partial charge >= 0.3 is 0 Å². The maximum Gasteiger partial charge on any atom is 0.229 e. The Bertz CT molecular complexity index is 409. The van der Waals surface area contributed by atoms with Crippen molar-refractivity contribution in [1.82, 2.24) is 10.1 Å². The molecule has 5 heteroatoms. The molecule has 2 fully saturated rings. The molecular formula is C13H21N3O2. The smallest absolute Gasteiger partial charge is 0.229 e. The van der Waals surface area contributed by atoms with Crippen LogP contribution in [0.1, 0.15) is 62.6 Å². The van der Waals surface area contributed by atoms with Crippen LogP contribution >= 0.6 is 0 Å². The molecule has 0 aromatic carbocycles. The first kappa shape index (κ1) is 12.1. The number of ether oxygens (including phenoxy) is 1. The largest absolute Gasteiger partial charge is 0.370 e. The molecule has 2 unspecified atom stereocenters. The van der Waals surface area contributed by atoms with Crippen LogP contribution in [0.4, 0.5) is 0 Å². The molecule has 5 nitrogen and oxygen atoms in total. The summed E-state index contributed by atoms with van der Waals surface area (Å²) in [6.45, 7) is 0. The molecule has 0 saturated heterocycles. The van der Waals surface area contributed by atoms with Gasteiger partial charge in [-0.3, -0.25) is 0 Å². The highest BCUT2D eigenvalue weighted by Gasteiger charge is 2.43.